The number of hydrogen-bond acceptors (Lipinski definition) is 5. The first kappa shape index (κ1) is 22.2. The molecule has 5 rings (SSSR count). The van der Waals surface area contributed by atoms with Crippen LogP contribution in [0.2, 0.25) is 0 Å². The molecule has 0 radical (unpaired) electrons. The molecule has 0 aliphatic heterocycles. The van der Waals surface area contributed by atoms with Crippen molar-refractivity contribution in [3.63, 3.8) is 0 Å². The van der Waals surface area contributed by atoms with E-state index in [-0.39, 0.29) is 5.56 Å². The Morgan fingerprint density at radius 2 is 1.29 bits per heavy atom. The zero-order valence-corrected chi connectivity index (χ0v) is 18.9. The van der Waals surface area contributed by atoms with Crippen molar-refractivity contribution in [1.82, 2.24) is 4.98 Å². The minimum Gasteiger partial charge on any atom is -0.490 e. The third-order valence-electron chi connectivity index (χ3n) is 5.55. The highest BCUT2D eigenvalue weighted by molar-refractivity contribution is 5.87. The van der Waals surface area contributed by atoms with Crippen molar-refractivity contribution >= 4 is 27.6 Å². The number of carboxylic acid groups (broad SMARTS) is 1. The Bertz CT molecular complexity index is 1480. The molecular weight excluding hydrogens is 442 g/mol. The summed E-state index contributed by atoms with van der Waals surface area (Å²) < 4.78 is 17.5. The van der Waals surface area contributed by atoms with E-state index in [1.54, 1.807) is 12.1 Å². The van der Waals surface area contributed by atoms with Crippen LogP contribution in [-0.4, -0.2) is 29.3 Å². The van der Waals surface area contributed by atoms with Gasteiger partial charge in [-0.2, -0.15) is 0 Å². The van der Waals surface area contributed by atoms with E-state index in [2.05, 4.69) is 11.1 Å². The summed E-state index contributed by atoms with van der Waals surface area (Å²) in [7, 11) is 0. The van der Waals surface area contributed by atoms with Crippen molar-refractivity contribution in [1.29, 1.82) is 0 Å². The summed E-state index contributed by atoms with van der Waals surface area (Å²) in [5, 5.41) is 12.2. The second-order valence-electron chi connectivity index (χ2n) is 7.98. The molecule has 5 aromatic rings. The maximum absolute atomic E-state index is 10.9. The molecule has 0 atom stereocenters. The Balaban J connectivity index is 1.17. The van der Waals surface area contributed by atoms with E-state index in [1.807, 2.05) is 66.7 Å². The molecule has 0 fully saturated rings. The normalized spacial score (nSPS) is 10.9. The van der Waals surface area contributed by atoms with Gasteiger partial charge in [0.15, 0.2) is 0 Å². The van der Waals surface area contributed by atoms with Crippen molar-refractivity contribution in [3.8, 4) is 17.2 Å². The quantitative estimate of drug-likeness (QED) is 0.264. The van der Waals surface area contributed by atoms with E-state index < -0.39 is 5.97 Å². The SMILES string of the molecule is O=C(O)c1ccc(OCCOc2ccc3ccc(OCc4ccc5ccccc5n4)cc3c2)cc1. The van der Waals surface area contributed by atoms with Gasteiger partial charge in [-0.25, -0.2) is 9.78 Å². The molecule has 0 spiro atoms. The summed E-state index contributed by atoms with van der Waals surface area (Å²) >= 11 is 0. The third kappa shape index (κ3) is 5.50. The first-order valence-corrected chi connectivity index (χ1v) is 11.2. The number of aromatic carboxylic acids is 1. The van der Waals surface area contributed by atoms with Gasteiger partial charge in [-0.15, -0.1) is 0 Å². The predicted molar refractivity (Wildman–Crippen MR) is 134 cm³/mol. The standard InChI is InChI=1S/C29H23NO5/c31-29(32)22-8-11-25(12-9-22)33-15-16-34-26-13-6-20-7-14-27(18-23(20)17-26)35-19-24-10-5-21-3-1-2-4-28(21)30-24/h1-14,17-18H,15-16,19H2,(H,31,32). The molecule has 1 aromatic heterocycles. The first-order chi connectivity index (χ1) is 17.1. The molecule has 174 valence electrons. The van der Waals surface area contributed by atoms with Crippen LogP contribution >= 0.6 is 0 Å². The Morgan fingerprint density at radius 3 is 2.03 bits per heavy atom. The van der Waals surface area contributed by atoms with Crippen LogP contribution in [-0.2, 0) is 6.61 Å². The molecule has 6 heteroatoms. The molecule has 0 unspecified atom stereocenters. The van der Waals surface area contributed by atoms with Gasteiger partial charge in [-0.3, -0.25) is 0 Å². The number of carbonyl (C=O) groups is 1. The molecule has 6 nitrogen and oxygen atoms in total. The lowest BCUT2D eigenvalue weighted by Crippen LogP contribution is -2.09. The van der Waals surface area contributed by atoms with E-state index in [0.29, 0.717) is 25.6 Å². The molecular formula is C29H23NO5. The predicted octanol–water partition coefficient (Wildman–Crippen LogP) is 6.12. The van der Waals surface area contributed by atoms with Crippen molar-refractivity contribution in [2.45, 2.75) is 6.61 Å². The number of nitrogens with zero attached hydrogens (tertiary/aromatic N) is 1. The Hall–Kier alpha value is -4.58. The smallest absolute Gasteiger partial charge is 0.335 e. The molecule has 0 aliphatic rings. The second-order valence-corrected chi connectivity index (χ2v) is 7.98. The zero-order valence-electron chi connectivity index (χ0n) is 18.9. The van der Waals surface area contributed by atoms with Gasteiger partial charge in [-0.05, 0) is 71.4 Å². The van der Waals surface area contributed by atoms with E-state index in [1.165, 1.54) is 12.1 Å². The van der Waals surface area contributed by atoms with Crippen molar-refractivity contribution in [2.75, 3.05) is 13.2 Å². The van der Waals surface area contributed by atoms with Crippen molar-refractivity contribution < 1.29 is 24.1 Å². The topological polar surface area (TPSA) is 77.9 Å². The maximum atomic E-state index is 10.9. The number of fused-ring (bicyclic) bond motifs is 2. The number of benzene rings is 4. The number of rotatable bonds is 9. The largest absolute Gasteiger partial charge is 0.490 e. The number of carboxylic acids is 1. The molecule has 0 saturated carbocycles. The second kappa shape index (κ2) is 10.1. The fourth-order valence-electron chi connectivity index (χ4n) is 3.74. The highest BCUT2D eigenvalue weighted by Gasteiger charge is 2.05. The Morgan fingerprint density at radius 1 is 0.657 bits per heavy atom. The first-order valence-electron chi connectivity index (χ1n) is 11.2. The van der Waals surface area contributed by atoms with Crippen LogP contribution in [0.25, 0.3) is 21.7 Å². The van der Waals surface area contributed by atoms with Crippen LogP contribution in [0.3, 0.4) is 0 Å². The van der Waals surface area contributed by atoms with Gasteiger partial charge in [0, 0.05) is 5.39 Å². The van der Waals surface area contributed by atoms with Gasteiger partial charge in [0.2, 0.25) is 0 Å². The molecule has 0 saturated heterocycles. The van der Waals surface area contributed by atoms with Crippen LogP contribution in [0.4, 0.5) is 0 Å². The number of para-hydroxylation sites is 1. The average molecular weight is 466 g/mol. The lowest BCUT2D eigenvalue weighted by Gasteiger charge is -2.11. The van der Waals surface area contributed by atoms with Gasteiger partial charge in [0.05, 0.1) is 16.8 Å². The van der Waals surface area contributed by atoms with Gasteiger partial charge in [-0.1, -0.05) is 36.4 Å². The molecule has 35 heavy (non-hydrogen) atoms. The number of ether oxygens (including phenoxy) is 3. The van der Waals surface area contributed by atoms with Crippen LogP contribution in [0.1, 0.15) is 16.1 Å². The monoisotopic (exact) mass is 465 g/mol. The molecule has 0 aliphatic carbocycles. The van der Waals surface area contributed by atoms with Crippen molar-refractivity contribution in [3.05, 3.63) is 108 Å². The van der Waals surface area contributed by atoms with Gasteiger partial charge in [0.1, 0.15) is 37.1 Å². The maximum Gasteiger partial charge on any atom is 0.335 e. The minimum absolute atomic E-state index is 0.224. The van der Waals surface area contributed by atoms with E-state index in [0.717, 1.165) is 38.9 Å². The summed E-state index contributed by atoms with van der Waals surface area (Å²) in [6, 6.07) is 30.2. The summed E-state index contributed by atoms with van der Waals surface area (Å²) in [4.78, 5) is 15.6. The zero-order chi connectivity index (χ0) is 24.0. The number of aromatic nitrogens is 1. The molecule has 0 amide bonds. The van der Waals surface area contributed by atoms with E-state index in [4.69, 9.17) is 19.3 Å². The lowest BCUT2D eigenvalue weighted by molar-refractivity contribution is 0.0697. The van der Waals surface area contributed by atoms with Crippen molar-refractivity contribution in [2.24, 2.45) is 0 Å². The van der Waals surface area contributed by atoms with Crippen LogP contribution in [0, 0.1) is 0 Å². The van der Waals surface area contributed by atoms with Gasteiger partial charge >= 0.3 is 5.97 Å². The lowest BCUT2D eigenvalue weighted by atomic mass is 10.1. The van der Waals surface area contributed by atoms with Crippen LogP contribution in [0.5, 0.6) is 17.2 Å². The number of hydrogen-bond donors (Lipinski definition) is 1. The highest BCUT2D eigenvalue weighted by atomic mass is 16.5. The van der Waals surface area contributed by atoms with Gasteiger partial charge in [0.25, 0.3) is 0 Å². The third-order valence-corrected chi connectivity index (χ3v) is 5.55. The van der Waals surface area contributed by atoms with E-state index >= 15 is 0 Å². The summed E-state index contributed by atoms with van der Waals surface area (Å²) in [6.45, 7) is 1.08. The average Bonchev–Trinajstić information content (AvgIpc) is 2.90. The summed E-state index contributed by atoms with van der Waals surface area (Å²) in [6.07, 6.45) is 0. The molecule has 1 N–H and O–H groups in total. The van der Waals surface area contributed by atoms with Gasteiger partial charge < -0.3 is 19.3 Å². The summed E-state index contributed by atoms with van der Waals surface area (Å²) in [5.41, 5.74) is 2.05. The van der Waals surface area contributed by atoms with Crippen LogP contribution in [0.15, 0.2) is 97.1 Å². The summed E-state index contributed by atoms with van der Waals surface area (Å²) in [5.74, 6) is 1.13. The molecule has 4 aromatic carbocycles. The van der Waals surface area contributed by atoms with Crippen LogP contribution < -0.4 is 14.2 Å². The van der Waals surface area contributed by atoms with E-state index in [9.17, 15) is 4.79 Å². The fourth-order valence-corrected chi connectivity index (χ4v) is 3.74. The molecule has 1 heterocycles. The highest BCUT2D eigenvalue weighted by Crippen LogP contribution is 2.26. The Kier molecular flexibility index (Phi) is 6.44. The fraction of sp³-hybridized carbons (Fsp3) is 0.103. The Labute approximate surface area is 202 Å². The number of pyridine rings is 1. The molecule has 0 bridgehead atoms. The minimum atomic E-state index is -0.963.